The smallest absolute Gasteiger partial charge is 0.177 e. The number of ether oxygens (including phenoxy) is 2. The van der Waals surface area contributed by atoms with Gasteiger partial charge in [-0.25, -0.2) is 0 Å². The number of hydrogen-bond donors (Lipinski definition) is 5. The van der Waals surface area contributed by atoms with E-state index in [0.29, 0.717) is 44.7 Å². The average molecular weight is 513 g/mol. The Morgan fingerprint density at radius 2 is 1.18 bits per heavy atom. The van der Waals surface area contributed by atoms with Crippen molar-refractivity contribution in [3.8, 4) is 62.7 Å². The molecule has 0 aliphatic heterocycles. The monoisotopic (exact) mass is 512 g/mol. The third-order valence-corrected chi connectivity index (χ3v) is 6.02. The van der Waals surface area contributed by atoms with Gasteiger partial charge in [-0.2, -0.15) is 0 Å². The van der Waals surface area contributed by atoms with Crippen LogP contribution in [0.25, 0.3) is 45.6 Å². The fourth-order valence-electron chi connectivity index (χ4n) is 4.39. The lowest BCUT2D eigenvalue weighted by Crippen LogP contribution is -1.87. The molecule has 0 saturated carbocycles. The normalized spacial score (nSPS) is 11.3. The summed E-state index contributed by atoms with van der Waals surface area (Å²) in [5, 5.41) is 50.8. The van der Waals surface area contributed by atoms with Crippen LogP contribution < -0.4 is 9.47 Å². The molecule has 192 valence electrons. The zero-order chi connectivity index (χ0) is 27.0. The van der Waals surface area contributed by atoms with Crippen LogP contribution in [-0.2, 0) is 0 Å². The maximum absolute atomic E-state index is 10.2. The molecule has 0 bridgehead atoms. The van der Waals surface area contributed by atoms with Crippen LogP contribution in [0.1, 0.15) is 11.1 Å². The van der Waals surface area contributed by atoms with Gasteiger partial charge < -0.3 is 39.4 Å². The van der Waals surface area contributed by atoms with Crippen molar-refractivity contribution in [2.45, 2.75) is 0 Å². The van der Waals surface area contributed by atoms with Crippen molar-refractivity contribution in [1.29, 1.82) is 0 Å². The summed E-state index contributed by atoms with van der Waals surface area (Å²) < 4.78 is 17.2. The van der Waals surface area contributed by atoms with Crippen molar-refractivity contribution in [2.24, 2.45) is 0 Å². The standard InChI is InChI=1S/C30H24O8/c1-36-26-13-18(5-6-25(26)35)29-28(19-11-22(33)15-23(34)12-19)24-9-17(10-27(37-2)30(24)38-29)4-3-16-7-20(31)14-21(32)8-16/h3-15,31-35H,1-2H3/b4-3+. The Balaban J connectivity index is 1.77. The second kappa shape index (κ2) is 9.67. The van der Waals surface area contributed by atoms with Gasteiger partial charge in [0.1, 0.15) is 28.8 Å². The molecule has 1 aromatic heterocycles. The minimum Gasteiger partial charge on any atom is -0.508 e. The van der Waals surface area contributed by atoms with Gasteiger partial charge >= 0.3 is 0 Å². The maximum Gasteiger partial charge on any atom is 0.177 e. The fourth-order valence-corrected chi connectivity index (χ4v) is 4.39. The number of benzene rings is 4. The molecule has 0 fully saturated rings. The van der Waals surface area contributed by atoms with Gasteiger partial charge in [0.25, 0.3) is 0 Å². The molecule has 8 heteroatoms. The van der Waals surface area contributed by atoms with Crippen LogP contribution in [0.5, 0.6) is 40.2 Å². The van der Waals surface area contributed by atoms with Gasteiger partial charge in [-0.1, -0.05) is 12.2 Å². The summed E-state index contributed by atoms with van der Waals surface area (Å²) in [7, 11) is 2.96. The molecular formula is C30H24O8. The number of fused-ring (bicyclic) bond motifs is 1. The van der Waals surface area contributed by atoms with Gasteiger partial charge in [0, 0.05) is 28.6 Å². The molecule has 4 aromatic carbocycles. The first-order valence-corrected chi connectivity index (χ1v) is 11.5. The summed E-state index contributed by atoms with van der Waals surface area (Å²) in [6.07, 6.45) is 3.52. The largest absolute Gasteiger partial charge is 0.508 e. The number of hydrogen-bond acceptors (Lipinski definition) is 8. The molecule has 0 aliphatic rings. The number of rotatable bonds is 6. The fraction of sp³-hybridized carbons (Fsp3) is 0.0667. The predicted molar refractivity (Wildman–Crippen MR) is 144 cm³/mol. The Morgan fingerprint density at radius 1 is 0.605 bits per heavy atom. The SMILES string of the molecule is COc1cc(-c2oc3c(OC)cc(/C=C/c4cc(O)cc(O)c4)cc3c2-c2cc(O)cc(O)c2)ccc1O. The Morgan fingerprint density at radius 3 is 1.79 bits per heavy atom. The molecule has 0 unspecified atom stereocenters. The van der Waals surface area contributed by atoms with Gasteiger partial charge in [0.05, 0.1) is 14.2 Å². The van der Waals surface area contributed by atoms with E-state index in [1.165, 1.54) is 56.7 Å². The Bertz CT molecular complexity index is 1660. The Hall–Kier alpha value is -5.24. The summed E-state index contributed by atoms with van der Waals surface area (Å²) in [5.41, 5.74) is 3.39. The summed E-state index contributed by atoms with van der Waals surface area (Å²) in [6.45, 7) is 0. The summed E-state index contributed by atoms with van der Waals surface area (Å²) >= 11 is 0. The van der Waals surface area contributed by atoms with E-state index in [-0.39, 0.29) is 34.5 Å². The quantitative estimate of drug-likeness (QED) is 0.163. The molecule has 1 heterocycles. The van der Waals surface area contributed by atoms with Gasteiger partial charge in [-0.05, 0) is 71.3 Å². The lowest BCUT2D eigenvalue weighted by molar-refractivity contribution is 0.373. The Kier molecular flexibility index (Phi) is 6.22. The van der Waals surface area contributed by atoms with Gasteiger partial charge in [0.2, 0.25) is 0 Å². The van der Waals surface area contributed by atoms with Crippen LogP contribution in [0.4, 0.5) is 0 Å². The third kappa shape index (κ3) is 4.62. The molecule has 38 heavy (non-hydrogen) atoms. The van der Waals surface area contributed by atoms with Crippen molar-refractivity contribution in [3.05, 3.63) is 77.9 Å². The van der Waals surface area contributed by atoms with Crippen molar-refractivity contribution >= 4 is 23.1 Å². The maximum atomic E-state index is 10.2. The first kappa shape index (κ1) is 24.5. The first-order chi connectivity index (χ1) is 18.2. The lowest BCUT2D eigenvalue weighted by Gasteiger charge is -2.08. The van der Waals surface area contributed by atoms with Crippen LogP contribution in [-0.4, -0.2) is 39.8 Å². The van der Waals surface area contributed by atoms with Gasteiger partial charge in [-0.3, -0.25) is 0 Å². The van der Waals surface area contributed by atoms with E-state index >= 15 is 0 Å². The van der Waals surface area contributed by atoms with E-state index in [2.05, 4.69) is 0 Å². The van der Waals surface area contributed by atoms with Gasteiger partial charge in [0.15, 0.2) is 22.8 Å². The van der Waals surface area contributed by atoms with E-state index in [9.17, 15) is 25.5 Å². The topological polar surface area (TPSA) is 133 Å². The number of phenolic OH excluding ortho intramolecular Hbond substituents is 5. The highest BCUT2D eigenvalue weighted by molar-refractivity contribution is 6.05. The second-order valence-electron chi connectivity index (χ2n) is 8.65. The molecule has 0 aliphatic carbocycles. The third-order valence-electron chi connectivity index (χ3n) is 6.02. The minimum absolute atomic E-state index is 0.0353. The molecule has 5 N–H and O–H groups in total. The van der Waals surface area contributed by atoms with Crippen LogP contribution in [0.2, 0.25) is 0 Å². The van der Waals surface area contributed by atoms with Crippen molar-refractivity contribution in [2.75, 3.05) is 14.2 Å². The highest BCUT2D eigenvalue weighted by Crippen LogP contribution is 2.47. The van der Waals surface area contributed by atoms with Crippen LogP contribution >= 0.6 is 0 Å². The first-order valence-electron chi connectivity index (χ1n) is 11.5. The highest BCUT2D eigenvalue weighted by atomic mass is 16.5. The molecular weight excluding hydrogens is 488 g/mol. The van der Waals surface area contributed by atoms with Crippen LogP contribution in [0.3, 0.4) is 0 Å². The van der Waals surface area contributed by atoms with Crippen molar-refractivity contribution < 1.29 is 39.4 Å². The average Bonchev–Trinajstić information content (AvgIpc) is 3.25. The van der Waals surface area contributed by atoms with E-state index in [4.69, 9.17) is 13.9 Å². The van der Waals surface area contributed by atoms with Crippen molar-refractivity contribution in [1.82, 2.24) is 0 Å². The molecule has 0 spiro atoms. The molecule has 0 saturated heterocycles. The Labute approximate surface area is 217 Å². The summed E-state index contributed by atoms with van der Waals surface area (Å²) in [5.74, 6) is 0.666. The summed E-state index contributed by atoms with van der Waals surface area (Å²) in [4.78, 5) is 0. The molecule has 8 nitrogen and oxygen atoms in total. The number of aromatic hydroxyl groups is 5. The molecule has 0 radical (unpaired) electrons. The zero-order valence-electron chi connectivity index (χ0n) is 20.5. The minimum atomic E-state index is -0.129. The predicted octanol–water partition coefficient (Wildman–Crippen LogP) is 6.48. The number of furan rings is 1. The van der Waals surface area contributed by atoms with Crippen molar-refractivity contribution in [3.63, 3.8) is 0 Å². The van der Waals surface area contributed by atoms with E-state index in [0.717, 1.165) is 5.56 Å². The van der Waals surface area contributed by atoms with E-state index < -0.39 is 0 Å². The number of phenols is 5. The molecule has 0 atom stereocenters. The molecule has 5 rings (SSSR count). The van der Waals surface area contributed by atoms with E-state index in [1.54, 1.807) is 30.4 Å². The zero-order valence-corrected chi connectivity index (χ0v) is 20.5. The van der Waals surface area contributed by atoms with E-state index in [1.807, 2.05) is 6.07 Å². The summed E-state index contributed by atoms with van der Waals surface area (Å²) in [6, 6.07) is 16.9. The molecule has 5 aromatic rings. The van der Waals surface area contributed by atoms with Crippen LogP contribution in [0.15, 0.2) is 71.1 Å². The molecule has 0 amide bonds. The lowest BCUT2D eigenvalue weighted by atomic mass is 9.96. The second-order valence-corrected chi connectivity index (χ2v) is 8.65. The van der Waals surface area contributed by atoms with Gasteiger partial charge in [-0.15, -0.1) is 0 Å². The highest BCUT2D eigenvalue weighted by Gasteiger charge is 2.23. The van der Waals surface area contributed by atoms with Crippen LogP contribution in [0, 0.1) is 0 Å². The number of methoxy groups -OCH3 is 2.